The smallest absolute Gasteiger partial charge is 0.264 e. The van der Waals surface area contributed by atoms with E-state index >= 15 is 0 Å². The molecule has 98 valence electrons. The van der Waals surface area contributed by atoms with Crippen LogP contribution in [0.3, 0.4) is 0 Å². The first kappa shape index (κ1) is 13.0. The number of nitrogens with zero attached hydrogens (tertiary/aromatic N) is 1. The number of carbonyl (C=O) groups excluding carboxylic acids is 1. The predicted octanol–water partition coefficient (Wildman–Crippen LogP) is 1.66. The van der Waals surface area contributed by atoms with Crippen LogP contribution in [0, 0.1) is 5.92 Å². The number of aliphatic hydroxyl groups is 1. The molecular formula is C13H15F2NO2. The van der Waals surface area contributed by atoms with Crippen LogP contribution in [0.25, 0.3) is 0 Å². The van der Waals surface area contributed by atoms with Gasteiger partial charge in [-0.15, -0.1) is 0 Å². The van der Waals surface area contributed by atoms with E-state index in [1.807, 2.05) is 30.3 Å². The van der Waals surface area contributed by atoms with Gasteiger partial charge >= 0.3 is 0 Å². The second-order valence-corrected chi connectivity index (χ2v) is 4.47. The van der Waals surface area contributed by atoms with Crippen molar-refractivity contribution in [2.45, 2.75) is 25.5 Å². The number of carbonyl (C=O) groups is 1. The van der Waals surface area contributed by atoms with Gasteiger partial charge in [0.05, 0.1) is 5.92 Å². The van der Waals surface area contributed by atoms with Crippen molar-refractivity contribution in [1.29, 1.82) is 0 Å². The van der Waals surface area contributed by atoms with Crippen molar-refractivity contribution in [2.75, 3.05) is 6.54 Å². The summed E-state index contributed by atoms with van der Waals surface area (Å²) in [4.78, 5) is 13.4. The van der Waals surface area contributed by atoms with Gasteiger partial charge in [0.15, 0.2) is 0 Å². The Hall–Kier alpha value is -1.49. The summed E-state index contributed by atoms with van der Waals surface area (Å²) in [6.07, 6.45) is -4.43. The highest BCUT2D eigenvalue weighted by atomic mass is 19.3. The first-order valence-electron chi connectivity index (χ1n) is 5.88. The second-order valence-electron chi connectivity index (χ2n) is 4.47. The molecule has 0 aromatic heterocycles. The van der Waals surface area contributed by atoms with Crippen LogP contribution in [0.2, 0.25) is 0 Å². The third-order valence-corrected chi connectivity index (χ3v) is 3.23. The molecule has 1 aliphatic rings. The molecule has 1 aliphatic heterocycles. The van der Waals surface area contributed by atoms with Crippen molar-refractivity contribution < 1.29 is 18.7 Å². The summed E-state index contributed by atoms with van der Waals surface area (Å²) in [5.74, 6) is -1.35. The van der Waals surface area contributed by atoms with Crippen LogP contribution in [0.1, 0.15) is 12.0 Å². The third-order valence-electron chi connectivity index (χ3n) is 3.23. The Morgan fingerprint density at radius 3 is 2.61 bits per heavy atom. The van der Waals surface area contributed by atoms with E-state index in [1.165, 1.54) is 4.90 Å². The van der Waals surface area contributed by atoms with Crippen LogP contribution < -0.4 is 0 Å². The number of aliphatic hydroxyl groups excluding tert-OH is 1. The van der Waals surface area contributed by atoms with Crippen LogP contribution in [-0.2, 0) is 11.3 Å². The molecule has 1 fully saturated rings. The quantitative estimate of drug-likeness (QED) is 0.889. The molecule has 0 saturated carbocycles. The van der Waals surface area contributed by atoms with E-state index in [1.54, 1.807) is 0 Å². The Kier molecular flexibility index (Phi) is 3.91. The number of alkyl halides is 2. The topological polar surface area (TPSA) is 40.5 Å². The summed E-state index contributed by atoms with van der Waals surface area (Å²) in [7, 11) is 0. The van der Waals surface area contributed by atoms with Crippen molar-refractivity contribution >= 4 is 5.91 Å². The fourth-order valence-corrected chi connectivity index (χ4v) is 2.22. The molecule has 2 rings (SSSR count). The molecule has 1 heterocycles. The minimum atomic E-state index is -2.87. The van der Waals surface area contributed by atoms with Gasteiger partial charge in [0.1, 0.15) is 6.10 Å². The zero-order valence-corrected chi connectivity index (χ0v) is 9.80. The van der Waals surface area contributed by atoms with Crippen LogP contribution in [-0.4, -0.2) is 35.0 Å². The van der Waals surface area contributed by atoms with Gasteiger partial charge in [-0.3, -0.25) is 4.79 Å². The van der Waals surface area contributed by atoms with Gasteiger partial charge in [-0.05, 0) is 12.0 Å². The monoisotopic (exact) mass is 255 g/mol. The van der Waals surface area contributed by atoms with E-state index in [9.17, 15) is 18.7 Å². The first-order chi connectivity index (χ1) is 8.59. The van der Waals surface area contributed by atoms with E-state index in [0.717, 1.165) is 5.56 Å². The lowest BCUT2D eigenvalue weighted by atomic mass is 10.0. The Balaban J connectivity index is 1.99. The molecule has 1 amide bonds. The summed E-state index contributed by atoms with van der Waals surface area (Å²) < 4.78 is 24.8. The summed E-state index contributed by atoms with van der Waals surface area (Å²) in [5, 5.41) is 9.28. The molecule has 1 saturated heterocycles. The SMILES string of the molecule is O=C1C(C(O)C(F)F)CCN1Cc1ccccc1. The molecule has 1 N–H and O–H groups in total. The maximum absolute atomic E-state index is 12.4. The molecule has 0 aliphatic carbocycles. The highest BCUT2D eigenvalue weighted by Crippen LogP contribution is 2.26. The van der Waals surface area contributed by atoms with Gasteiger partial charge in [0.25, 0.3) is 6.43 Å². The Morgan fingerprint density at radius 2 is 2.00 bits per heavy atom. The van der Waals surface area contributed by atoms with Crippen molar-refractivity contribution in [1.82, 2.24) is 4.90 Å². The van der Waals surface area contributed by atoms with E-state index in [-0.39, 0.29) is 12.3 Å². The third kappa shape index (κ3) is 2.67. The molecule has 0 radical (unpaired) electrons. The number of likely N-dealkylation sites (tertiary alicyclic amines) is 1. The van der Waals surface area contributed by atoms with E-state index in [4.69, 9.17) is 0 Å². The molecule has 2 atom stereocenters. The summed E-state index contributed by atoms with van der Waals surface area (Å²) >= 11 is 0. The van der Waals surface area contributed by atoms with Gasteiger partial charge < -0.3 is 10.0 Å². The molecule has 18 heavy (non-hydrogen) atoms. The molecule has 0 bridgehead atoms. The highest BCUT2D eigenvalue weighted by molar-refractivity contribution is 5.81. The Labute approximate surface area is 104 Å². The Bertz CT molecular complexity index is 411. The minimum Gasteiger partial charge on any atom is -0.386 e. The van der Waals surface area contributed by atoms with Crippen LogP contribution >= 0.6 is 0 Å². The minimum absolute atomic E-state index is 0.289. The van der Waals surface area contributed by atoms with Gasteiger partial charge in [-0.1, -0.05) is 30.3 Å². The maximum Gasteiger partial charge on any atom is 0.264 e. The molecule has 1 aromatic carbocycles. The molecule has 5 heteroatoms. The zero-order valence-electron chi connectivity index (χ0n) is 9.80. The number of halogens is 2. The lowest BCUT2D eigenvalue weighted by Gasteiger charge is -2.19. The average molecular weight is 255 g/mol. The molecule has 3 nitrogen and oxygen atoms in total. The highest BCUT2D eigenvalue weighted by Gasteiger charge is 2.40. The van der Waals surface area contributed by atoms with Gasteiger partial charge in [0.2, 0.25) is 5.91 Å². The fourth-order valence-electron chi connectivity index (χ4n) is 2.22. The zero-order chi connectivity index (χ0) is 13.1. The molecule has 0 spiro atoms. The van der Waals surface area contributed by atoms with Crippen LogP contribution in [0.15, 0.2) is 30.3 Å². The lowest BCUT2D eigenvalue weighted by molar-refractivity contribution is -0.138. The Morgan fingerprint density at radius 1 is 1.33 bits per heavy atom. The van der Waals surface area contributed by atoms with Crippen LogP contribution in [0.4, 0.5) is 8.78 Å². The number of benzene rings is 1. The second kappa shape index (κ2) is 5.44. The molecule has 1 aromatic rings. The normalized spacial score (nSPS) is 21.7. The number of amides is 1. The lowest BCUT2D eigenvalue weighted by Crippen LogP contribution is -2.35. The van der Waals surface area contributed by atoms with Gasteiger partial charge in [-0.25, -0.2) is 8.78 Å². The number of rotatable bonds is 4. The fraction of sp³-hybridized carbons (Fsp3) is 0.462. The first-order valence-corrected chi connectivity index (χ1v) is 5.88. The standard InChI is InChI=1S/C13H15F2NO2/c14-12(15)11(17)10-6-7-16(13(10)18)8-9-4-2-1-3-5-9/h1-5,10-12,17H,6-8H2. The summed E-state index contributed by atoms with van der Waals surface area (Å²) in [5.41, 5.74) is 0.957. The summed E-state index contributed by atoms with van der Waals surface area (Å²) in [6, 6.07) is 9.36. The molecular weight excluding hydrogens is 240 g/mol. The predicted molar refractivity (Wildman–Crippen MR) is 62.0 cm³/mol. The van der Waals surface area contributed by atoms with E-state index in [2.05, 4.69) is 0 Å². The summed E-state index contributed by atoms with van der Waals surface area (Å²) in [6.45, 7) is 0.828. The maximum atomic E-state index is 12.4. The van der Waals surface area contributed by atoms with Gasteiger partial charge in [-0.2, -0.15) is 0 Å². The van der Waals surface area contributed by atoms with Crippen molar-refractivity contribution in [3.63, 3.8) is 0 Å². The van der Waals surface area contributed by atoms with E-state index < -0.39 is 18.4 Å². The number of hydrogen-bond acceptors (Lipinski definition) is 2. The van der Waals surface area contributed by atoms with Gasteiger partial charge in [0, 0.05) is 13.1 Å². The average Bonchev–Trinajstić information content (AvgIpc) is 2.71. The number of hydrogen-bond donors (Lipinski definition) is 1. The van der Waals surface area contributed by atoms with Crippen LogP contribution in [0.5, 0.6) is 0 Å². The van der Waals surface area contributed by atoms with Crippen molar-refractivity contribution in [2.24, 2.45) is 5.92 Å². The van der Waals surface area contributed by atoms with Crippen molar-refractivity contribution in [3.05, 3.63) is 35.9 Å². The van der Waals surface area contributed by atoms with E-state index in [0.29, 0.717) is 13.1 Å². The molecule has 2 unspecified atom stereocenters. The van der Waals surface area contributed by atoms with Crippen molar-refractivity contribution in [3.8, 4) is 0 Å². The largest absolute Gasteiger partial charge is 0.386 e.